The molecule has 3 rings (SSSR count). The Morgan fingerprint density at radius 2 is 1.38 bits per heavy atom. The number of rotatable bonds is 7. The minimum absolute atomic E-state index is 0.0922. The fourth-order valence-corrected chi connectivity index (χ4v) is 4.67. The van der Waals surface area contributed by atoms with Gasteiger partial charge in [0.25, 0.3) is 0 Å². The van der Waals surface area contributed by atoms with Gasteiger partial charge in [0.2, 0.25) is 0 Å². The zero-order chi connectivity index (χ0) is 29.1. The Balaban J connectivity index is 1.69. The fraction of sp³-hybridized carbons (Fsp3) is 0.815. The van der Waals surface area contributed by atoms with E-state index < -0.39 is 84.9 Å². The lowest BCUT2D eigenvalue weighted by molar-refractivity contribution is -0.318. The maximum Gasteiger partial charge on any atom is 0.311 e. The zero-order valence-corrected chi connectivity index (χ0v) is 23.9. The van der Waals surface area contributed by atoms with Gasteiger partial charge in [-0.2, -0.15) is 0 Å². The van der Waals surface area contributed by atoms with Crippen molar-refractivity contribution in [1.29, 1.82) is 0 Å². The van der Waals surface area contributed by atoms with E-state index in [2.05, 4.69) is 0 Å². The molecule has 0 amide bonds. The average molecular weight is 559 g/mol. The molecular weight excluding hydrogens is 516 g/mol. The first-order chi connectivity index (χ1) is 18.1. The molecule has 0 bridgehead atoms. The van der Waals surface area contributed by atoms with Gasteiger partial charge in [0.1, 0.15) is 24.4 Å². The van der Waals surface area contributed by atoms with Crippen molar-refractivity contribution in [3.8, 4) is 0 Å². The summed E-state index contributed by atoms with van der Waals surface area (Å²) in [6.07, 6.45) is -4.78. The summed E-state index contributed by atoms with van der Waals surface area (Å²) in [5.41, 5.74) is -0.700. The molecule has 3 aliphatic rings. The first-order valence-corrected chi connectivity index (χ1v) is 13.3. The molecule has 0 aromatic carbocycles. The normalized spacial score (nSPS) is 38.8. The van der Waals surface area contributed by atoms with Gasteiger partial charge in [0.05, 0.1) is 30.0 Å². The summed E-state index contributed by atoms with van der Waals surface area (Å²) in [7, 11) is 0. The average Bonchev–Trinajstić information content (AvgIpc) is 2.80. The van der Waals surface area contributed by atoms with Crippen molar-refractivity contribution >= 4 is 17.9 Å². The Morgan fingerprint density at radius 1 is 0.795 bits per heavy atom. The summed E-state index contributed by atoms with van der Waals surface area (Å²) >= 11 is 0. The zero-order valence-electron chi connectivity index (χ0n) is 23.9. The van der Waals surface area contributed by atoms with Gasteiger partial charge >= 0.3 is 17.9 Å². The highest BCUT2D eigenvalue weighted by Gasteiger charge is 2.46. The quantitative estimate of drug-likeness (QED) is 0.361. The van der Waals surface area contributed by atoms with E-state index in [1.807, 2.05) is 0 Å². The van der Waals surface area contributed by atoms with Crippen molar-refractivity contribution < 1.29 is 57.4 Å². The van der Waals surface area contributed by atoms with Gasteiger partial charge in [-0.1, -0.05) is 0 Å². The second-order valence-electron chi connectivity index (χ2n) is 11.3. The number of carbonyl (C=O) groups is 3. The molecule has 0 aromatic rings. The third-order valence-electron chi connectivity index (χ3n) is 6.73. The standard InChI is InChI=1S/C27H42O12/c1-13-23(30)19(37-21-12-20(35-16(4)28)25(15(3)34-21)36-17(5)29)11-22(33-13)39-24-14(2)32-10-9-18(24)38-26(31)27(6,7)8/h9-10,13-15,18-25,30H,11-12H2,1-8H3/t13-,14-,15-,18-,19-,20-,21-,22-,23-,24-,25-/m0/s1. The van der Waals surface area contributed by atoms with E-state index in [0.29, 0.717) is 0 Å². The number of ether oxygens (including phenoxy) is 8. The molecule has 0 spiro atoms. The number of aliphatic hydroxyl groups is 1. The van der Waals surface area contributed by atoms with Gasteiger partial charge < -0.3 is 43.0 Å². The van der Waals surface area contributed by atoms with Crippen LogP contribution in [0.3, 0.4) is 0 Å². The van der Waals surface area contributed by atoms with Crippen LogP contribution in [0.1, 0.15) is 68.2 Å². The minimum atomic E-state index is -1.00. The molecule has 12 heteroatoms. The molecule has 0 unspecified atom stereocenters. The van der Waals surface area contributed by atoms with E-state index in [-0.39, 0.29) is 18.8 Å². The first kappa shape index (κ1) is 31.3. The Labute approximate surface area is 229 Å². The minimum Gasteiger partial charge on any atom is -0.496 e. The molecule has 12 nitrogen and oxygen atoms in total. The monoisotopic (exact) mass is 558 g/mol. The predicted octanol–water partition coefficient (Wildman–Crippen LogP) is 2.14. The molecule has 2 saturated heterocycles. The van der Waals surface area contributed by atoms with Crippen LogP contribution < -0.4 is 0 Å². The number of hydrogen-bond donors (Lipinski definition) is 1. The summed E-state index contributed by atoms with van der Waals surface area (Å²) in [5, 5.41) is 10.8. The Bertz CT molecular complexity index is 898. The van der Waals surface area contributed by atoms with E-state index in [4.69, 9.17) is 37.9 Å². The number of hydrogen-bond acceptors (Lipinski definition) is 12. The summed E-state index contributed by atoms with van der Waals surface area (Å²) < 4.78 is 46.2. The van der Waals surface area contributed by atoms with Crippen molar-refractivity contribution in [2.45, 2.75) is 136 Å². The number of aliphatic hydroxyl groups excluding tert-OH is 1. The van der Waals surface area contributed by atoms with Crippen LogP contribution in [0.15, 0.2) is 12.3 Å². The second-order valence-corrected chi connectivity index (χ2v) is 11.3. The maximum absolute atomic E-state index is 12.5. The van der Waals surface area contributed by atoms with E-state index in [1.54, 1.807) is 47.6 Å². The summed E-state index contributed by atoms with van der Waals surface area (Å²) in [4.78, 5) is 35.8. The summed E-state index contributed by atoms with van der Waals surface area (Å²) in [6, 6.07) is 0. The van der Waals surface area contributed by atoms with Gasteiger partial charge in [0, 0.05) is 26.7 Å². The molecule has 0 radical (unpaired) electrons. The highest BCUT2D eigenvalue weighted by Crippen LogP contribution is 2.32. The summed E-state index contributed by atoms with van der Waals surface area (Å²) in [5.74, 6) is -1.44. The maximum atomic E-state index is 12.5. The second kappa shape index (κ2) is 12.9. The van der Waals surface area contributed by atoms with Gasteiger partial charge in [-0.3, -0.25) is 14.4 Å². The number of carbonyl (C=O) groups excluding carboxylic acids is 3. The lowest BCUT2D eigenvalue weighted by atomic mass is 9.97. The van der Waals surface area contributed by atoms with Gasteiger partial charge in [0.15, 0.2) is 24.8 Å². The number of esters is 3. The third kappa shape index (κ3) is 8.37. The highest BCUT2D eigenvalue weighted by molar-refractivity contribution is 5.75. The highest BCUT2D eigenvalue weighted by atomic mass is 16.7. The van der Waals surface area contributed by atoms with E-state index in [9.17, 15) is 19.5 Å². The fourth-order valence-electron chi connectivity index (χ4n) is 4.67. The van der Waals surface area contributed by atoms with Crippen LogP contribution in [0.2, 0.25) is 0 Å². The third-order valence-corrected chi connectivity index (χ3v) is 6.73. The molecule has 1 N–H and O–H groups in total. The van der Waals surface area contributed by atoms with Crippen LogP contribution in [0.5, 0.6) is 0 Å². The first-order valence-electron chi connectivity index (χ1n) is 13.3. The molecule has 222 valence electrons. The molecule has 11 atom stereocenters. The van der Waals surface area contributed by atoms with Crippen molar-refractivity contribution in [2.75, 3.05) is 0 Å². The van der Waals surface area contributed by atoms with Gasteiger partial charge in [-0.05, 0) is 47.6 Å². The van der Waals surface area contributed by atoms with Crippen LogP contribution in [-0.4, -0.2) is 90.5 Å². The van der Waals surface area contributed by atoms with Crippen molar-refractivity contribution in [1.82, 2.24) is 0 Å². The molecule has 2 fully saturated rings. The van der Waals surface area contributed by atoms with E-state index >= 15 is 0 Å². The molecule has 39 heavy (non-hydrogen) atoms. The largest absolute Gasteiger partial charge is 0.496 e. The van der Waals surface area contributed by atoms with Crippen molar-refractivity contribution in [2.24, 2.45) is 5.41 Å². The molecule has 3 aliphatic heterocycles. The Hall–Kier alpha value is -2.25. The smallest absolute Gasteiger partial charge is 0.311 e. The lowest BCUT2D eigenvalue weighted by Gasteiger charge is -2.44. The topological polar surface area (TPSA) is 145 Å². The van der Waals surface area contributed by atoms with Gasteiger partial charge in [-0.15, -0.1) is 0 Å². The molecule has 3 heterocycles. The Morgan fingerprint density at radius 3 is 2.00 bits per heavy atom. The molecule has 0 aromatic heterocycles. The van der Waals surface area contributed by atoms with E-state index in [1.165, 1.54) is 20.1 Å². The Kier molecular flexibility index (Phi) is 10.4. The summed E-state index contributed by atoms with van der Waals surface area (Å²) in [6.45, 7) is 13.0. The van der Waals surface area contributed by atoms with Crippen molar-refractivity contribution in [3.05, 3.63) is 12.3 Å². The van der Waals surface area contributed by atoms with Crippen LogP contribution in [0.4, 0.5) is 0 Å². The van der Waals surface area contributed by atoms with Crippen LogP contribution in [-0.2, 0) is 52.3 Å². The van der Waals surface area contributed by atoms with Gasteiger partial charge in [-0.25, -0.2) is 0 Å². The van der Waals surface area contributed by atoms with Crippen molar-refractivity contribution in [3.63, 3.8) is 0 Å². The van der Waals surface area contributed by atoms with Crippen LogP contribution in [0.25, 0.3) is 0 Å². The molecule has 0 aliphatic carbocycles. The molecule has 0 saturated carbocycles. The lowest BCUT2D eigenvalue weighted by Crippen LogP contribution is -2.56. The van der Waals surface area contributed by atoms with Crippen LogP contribution in [0, 0.1) is 5.41 Å². The van der Waals surface area contributed by atoms with E-state index in [0.717, 1.165) is 0 Å². The predicted molar refractivity (Wildman–Crippen MR) is 134 cm³/mol. The SMILES string of the molecule is CC(=O)O[C@H]1[C@H](C)O[C@@H](O[C@H]2C[C@H](O[C@H]3[C@H](C)OC=C[C@@H]3OC(=O)C(C)(C)C)O[C@@H](C)[C@@H]2O)C[C@@H]1OC(C)=O. The molecular formula is C27H42O12. The van der Waals surface area contributed by atoms with Crippen LogP contribution >= 0.6 is 0 Å².